The van der Waals surface area contributed by atoms with E-state index in [9.17, 15) is 13.6 Å². The predicted molar refractivity (Wildman–Crippen MR) is 94.3 cm³/mol. The number of halogens is 2. The first-order chi connectivity index (χ1) is 11.8. The van der Waals surface area contributed by atoms with Gasteiger partial charge < -0.3 is 11.1 Å². The number of hydrogen-bond donors (Lipinski definition) is 3. The zero-order valence-corrected chi connectivity index (χ0v) is 13.5. The van der Waals surface area contributed by atoms with Gasteiger partial charge in [-0.1, -0.05) is 0 Å². The lowest BCUT2D eigenvalue weighted by atomic mass is 10.0. The number of nitrogen functional groups attached to an aromatic ring is 1. The van der Waals surface area contributed by atoms with Gasteiger partial charge in [-0.3, -0.25) is 10.2 Å². The Bertz CT molecular complexity index is 913. The molecular formula is C17H19F2N5O. The number of carbonyl (C=O) groups is 1. The summed E-state index contributed by atoms with van der Waals surface area (Å²) in [5, 5.41) is 18.9. The van der Waals surface area contributed by atoms with Crippen LogP contribution >= 0.6 is 0 Å². The van der Waals surface area contributed by atoms with Crippen molar-refractivity contribution in [3.8, 4) is 6.07 Å². The quantitative estimate of drug-likeness (QED) is 0.579. The maximum absolute atomic E-state index is 12.7. The van der Waals surface area contributed by atoms with Gasteiger partial charge in [0.25, 0.3) is 12.3 Å². The Hall–Kier alpha value is -3.34. The molecule has 0 radical (unpaired) electrons. The molecule has 8 heteroatoms. The van der Waals surface area contributed by atoms with Crippen LogP contribution in [0.15, 0.2) is 24.4 Å². The minimum absolute atomic E-state index is 0. The standard InChI is InChI=1S/C17H15F2N5O.2H2/c1-8-9(2)15(23-7-10(8)6-20)17(25)24-11-3-4-13(21)12(5-11)14(22)16(18)19;;/h3-5,7,16,22H,21H2,1-2H3,(H,24,25);2*1H. The summed E-state index contributed by atoms with van der Waals surface area (Å²) in [5.74, 6) is -0.551. The number of amides is 1. The number of benzene rings is 1. The lowest BCUT2D eigenvalue weighted by molar-refractivity contribution is 0.102. The third-order valence-electron chi connectivity index (χ3n) is 3.80. The highest BCUT2D eigenvalue weighted by Gasteiger charge is 2.18. The van der Waals surface area contributed by atoms with Gasteiger partial charge in [0.05, 0.1) is 5.56 Å². The van der Waals surface area contributed by atoms with E-state index in [2.05, 4.69) is 10.3 Å². The molecule has 6 nitrogen and oxygen atoms in total. The SMILES string of the molecule is Cc1c(C#N)cnc(C(=O)Nc2ccc(N)c(C(=N)C(F)F)c2)c1C.[HH].[HH]. The number of aromatic nitrogens is 1. The highest BCUT2D eigenvalue weighted by molar-refractivity contribution is 6.08. The van der Waals surface area contributed by atoms with Crippen molar-refractivity contribution in [2.45, 2.75) is 20.3 Å². The number of nitriles is 1. The van der Waals surface area contributed by atoms with Crippen molar-refractivity contribution in [2.75, 3.05) is 11.1 Å². The lowest BCUT2D eigenvalue weighted by Crippen LogP contribution is -2.18. The van der Waals surface area contributed by atoms with Crippen molar-refractivity contribution in [3.63, 3.8) is 0 Å². The molecule has 25 heavy (non-hydrogen) atoms. The molecule has 0 aliphatic rings. The summed E-state index contributed by atoms with van der Waals surface area (Å²) < 4.78 is 25.4. The summed E-state index contributed by atoms with van der Waals surface area (Å²) >= 11 is 0. The number of nitrogens with two attached hydrogens (primary N) is 1. The van der Waals surface area contributed by atoms with Crippen molar-refractivity contribution < 1.29 is 16.4 Å². The molecule has 0 fully saturated rings. The monoisotopic (exact) mass is 347 g/mol. The Morgan fingerprint density at radius 2 is 2.08 bits per heavy atom. The summed E-state index contributed by atoms with van der Waals surface area (Å²) in [6.45, 7) is 3.37. The Labute approximate surface area is 145 Å². The highest BCUT2D eigenvalue weighted by Crippen LogP contribution is 2.22. The topological polar surface area (TPSA) is 116 Å². The smallest absolute Gasteiger partial charge is 0.280 e. The molecule has 132 valence electrons. The second kappa shape index (κ2) is 7.05. The Kier molecular flexibility index (Phi) is 5.08. The van der Waals surface area contributed by atoms with Gasteiger partial charge in [-0.05, 0) is 43.2 Å². The van der Waals surface area contributed by atoms with Crippen LogP contribution in [0.1, 0.15) is 35.6 Å². The molecule has 1 aromatic heterocycles. The number of carbonyl (C=O) groups excluding carboxylic acids is 1. The number of nitrogens with zero attached hydrogens (tertiary/aromatic N) is 2. The molecule has 0 spiro atoms. The summed E-state index contributed by atoms with van der Waals surface area (Å²) in [7, 11) is 0. The number of hydrogen-bond acceptors (Lipinski definition) is 5. The van der Waals surface area contributed by atoms with Gasteiger partial charge >= 0.3 is 0 Å². The van der Waals surface area contributed by atoms with E-state index in [1.807, 2.05) is 6.07 Å². The van der Waals surface area contributed by atoms with E-state index in [4.69, 9.17) is 16.4 Å². The van der Waals surface area contributed by atoms with Crippen molar-refractivity contribution in [1.29, 1.82) is 10.7 Å². The van der Waals surface area contributed by atoms with E-state index in [0.717, 1.165) is 0 Å². The van der Waals surface area contributed by atoms with Crippen molar-refractivity contribution in [2.24, 2.45) is 0 Å². The Morgan fingerprint density at radius 3 is 2.68 bits per heavy atom. The number of rotatable bonds is 4. The van der Waals surface area contributed by atoms with E-state index in [1.54, 1.807) is 13.8 Å². The minimum Gasteiger partial charge on any atom is -0.398 e. The van der Waals surface area contributed by atoms with Gasteiger partial charge in [0.2, 0.25) is 0 Å². The van der Waals surface area contributed by atoms with Gasteiger partial charge in [0.1, 0.15) is 17.5 Å². The van der Waals surface area contributed by atoms with Crippen LogP contribution < -0.4 is 11.1 Å². The second-order valence-electron chi connectivity index (χ2n) is 5.35. The molecule has 2 aromatic rings. The Morgan fingerprint density at radius 1 is 1.40 bits per heavy atom. The normalized spacial score (nSPS) is 10.4. The van der Waals surface area contributed by atoms with Crippen LogP contribution in [0.2, 0.25) is 0 Å². The number of anilines is 2. The van der Waals surface area contributed by atoms with E-state index >= 15 is 0 Å². The predicted octanol–water partition coefficient (Wildman–Crippen LogP) is 3.53. The zero-order chi connectivity index (χ0) is 18.7. The third-order valence-corrected chi connectivity index (χ3v) is 3.80. The van der Waals surface area contributed by atoms with Gasteiger partial charge in [-0.2, -0.15) is 5.26 Å². The molecule has 0 atom stereocenters. The van der Waals surface area contributed by atoms with Gasteiger partial charge in [0.15, 0.2) is 0 Å². The summed E-state index contributed by atoms with van der Waals surface area (Å²) in [5.41, 5.74) is 6.46. The lowest BCUT2D eigenvalue weighted by Gasteiger charge is -2.12. The molecule has 1 aromatic carbocycles. The van der Waals surface area contributed by atoms with Gasteiger partial charge in [-0.15, -0.1) is 0 Å². The van der Waals surface area contributed by atoms with Gasteiger partial charge in [-0.25, -0.2) is 13.8 Å². The van der Waals surface area contributed by atoms with Crippen LogP contribution in [-0.4, -0.2) is 23.0 Å². The maximum atomic E-state index is 12.7. The van der Waals surface area contributed by atoms with Gasteiger partial charge in [0, 0.05) is 26.0 Å². The summed E-state index contributed by atoms with van der Waals surface area (Å²) in [6, 6.07) is 5.99. The van der Waals surface area contributed by atoms with Crippen LogP contribution in [0.5, 0.6) is 0 Å². The molecule has 0 aliphatic carbocycles. The molecule has 0 aliphatic heterocycles. The van der Waals surface area contributed by atoms with Crippen LogP contribution in [0.25, 0.3) is 0 Å². The molecule has 0 bridgehead atoms. The van der Waals surface area contributed by atoms with Crippen LogP contribution in [0, 0.1) is 30.6 Å². The van der Waals surface area contributed by atoms with E-state index < -0.39 is 18.0 Å². The molecule has 4 N–H and O–H groups in total. The van der Waals surface area contributed by atoms with Crippen LogP contribution in [-0.2, 0) is 0 Å². The third kappa shape index (κ3) is 3.61. The molecule has 0 unspecified atom stereocenters. The molecule has 1 amide bonds. The first-order valence-electron chi connectivity index (χ1n) is 7.20. The summed E-state index contributed by atoms with van der Waals surface area (Å²) in [6.07, 6.45) is -1.67. The van der Waals surface area contributed by atoms with Crippen molar-refractivity contribution >= 4 is 23.0 Å². The molecule has 0 saturated carbocycles. The fourth-order valence-electron chi connectivity index (χ4n) is 2.22. The number of pyridine rings is 1. The molecule has 0 saturated heterocycles. The second-order valence-corrected chi connectivity index (χ2v) is 5.35. The number of nitrogens with one attached hydrogen (secondary N) is 2. The number of alkyl halides is 2. The van der Waals surface area contributed by atoms with Crippen LogP contribution in [0.3, 0.4) is 0 Å². The van der Waals surface area contributed by atoms with Crippen molar-refractivity contribution in [1.82, 2.24) is 4.98 Å². The summed E-state index contributed by atoms with van der Waals surface area (Å²) in [4.78, 5) is 16.4. The Balaban J connectivity index is 0.00000338. The minimum atomic E-state index is -2.97. The highest BCUT2D eigenvalue weighted by atomic mass is 19.3. The first kappa shape index (κ1) is 18.0. The first-order valence-corrected chi connectivity index (χ1v) is 7.20. The molecule has 1 heterocycles. The zero-order valence-electron chi connectivity index (χ0n) is 13.5. The fourth-order valence-corrected chi connectivity index (χ4v) is 2.22. The molecule has 2 rings (SSSR count). The van der Waals surface area contributed by atoms with E-state index in [-0.39, 0.29) is 25.5 Å². The van der Waals surface area contributed by atoms with Crippen molar-refractivity contribution in [3.05, 3.63) is 52.3 Å². The maximum Gasteiger partial charge on any atom is 0.280 e. The average Bonchev–Trinajstić information content (AvgIpc) is 2.58. The van der Waals surface area contributed by atoms with Crippen LogP contribution in [0.4, 0.5) is 20.2 Å². The molecular weight excluding hydrogens is 328 g/mol. The van der Waals surface area contributed by atoms with E-state index in [0.29, 0.717) is 16.7 Å². The largest absolute Gasteiger partial charge is 0.398 e. The van der Waals surface area contributed by atoms with E-state index in [1.165, 1.54) is 24.4 Å². The average molecular weight is 347 g/mol. The fraction of sp³-hybridized carbons (Fsp3) is 0.176.